The van der Waals surface area contributed by atoms with Crippen molar-refractivity contribution in [1.82, 2.24) is 0 Å². The van der Waals surface area contributed by atoms with Gasteiger partial charge in [0.05, 0.1) is 38.4 Å². The Labute approximate surface area is 365 Å². The molecule has 11 nitrogen and oxygen atoms in total. The highest BCUT2D eigenvalue weighted by molar-refractivity contribution is 5.87. The van der Waals surface area contributed by atoms with Crippen molar-refractivity contribution in [3.63, 3.8) is 0 Å². The molecular formula is C52H48O11. The van der Waals surface area contributed by atoms with Gasteiger partial charge in [-0.25, -0.2) is 4.79 Å². The molecule has 1 aliphatic heterocycles. The number of benzene rings is 6. The Morgan fingerprint density at radius 3 is 1.54 bits per heavy atom. The van der Waals surface area contributed by atoms with Crippen molar-refractivity contribution in [2.45, 2.75) is 70.7 Å². The summed E-state index contributed by atoms with van der Waals surface area (Å²) in [4.78, 5) is 25.5. The molecule has 0 spiro atoms. The third-order valence-electron chi connectivity index (χ3n) is 10.4. The van der Waals surface area contributed by atoms with Crippen molar-refractivity contribution < 1.29 is 47.1 Å². The number of hydrogen-bond donors (Lipinski definition) is 0. The standard InChI is InChI=1S/C52H48O11/c1-36(53)60-49-46(56-31-38-19-9-3-10-20-38)43-28-27-42(29-44(43)62-51(49)54)61-52-50(59-34-41-25-15-6-16-26-41)48(58-33-40-23-13-5-14-24-40)47(57-32-39-21-11-4-12-22-39)45(63-52)35-55-30-37-17-7-2-8-18-37/h2-29,45,47-48,50,52H,30-35H2,1H3/t45-,47+,48+,50-,52-/m1/s1. The summed E-state index contributed by atoms with van der Waals surface area (Å²) in [7, 11) is 0. The lowest BCUT2D eigenvalue weighted by Gasteiger charge is -2.45. The number of fused-ring (bicyclic) bond motifs is 1. The SMILES string of the molecule is CC(=O)Oc1c(OCc2ccccc2)c2ccc(O[C@@H]3O[C@H](COCc4ccccc4)[C@H](OCc4ccccc4)[C@H](OCc4ccccc4)[C@H]3OCc3ccccc3)cc2oc1=O. The molecule has 0 radical (unpaired) electrons. The fourth-order valence-electron chi connectivity index (χ4n) is 7.29. The van der Waals surface area contributed by atoms with Crippen LogP contribution in [0.25, 0.3) is 11.0 Å². The van der Waals surface area contributed by atoms with Crippen LogP contribution in [0.1, 0.15) is 34.7 Å². The zero-order chi connectivity index (χ0) is 43.2. The maximum Gasteiger partial charge on any atom is 0.383 e. The molecule has 5 atom stereocenters. The summed E-state index contributed by atoms with van der Waals surface area (Å²) >= 11 is 0. The number of carbonyl (C=O) groups is 1. The minimum Gasteiger partial charge on any atom is -0.484 e. The number of esters is 1. The lowest BCUT2D eigenvalue weighted by molar-refractivity contribution is -0.310. The van der Waals surface area contributed by atoms with E-state index < -0.39 is 42.3 Å². The van der Waals surface area contributed by atoms with Crippen molar-refractivity contribution >= 4 is 16.9 Å². The third-order valence-corrected chi connectivity index (χ3v) is 10.4. The maximum atomic E-state index is 13.4. The van der Waals surface area contributed by atoms with E-state index >= 15 is 0 Å². The fraction of sp³-hybridized carbons (Fsp3) is 0.231. The molecule has 2 heterocycles. The molecule has 322 valence electrons. The van der Waals surface area contributed by atoms with E-state index in [0.29, 0.717) is 17.7 Å². The van der Waals surface area contributed by atoms with E-state index in [1.165, 1.54) is 6.92 Å². The first kappa shape index (κ1) is 43.1. The zero-order valence-electron chi connectivity index (χ0n) is 34.8. The molecule has 8 rings (SSSR count). The number of rotatable bonds is 19. The van der Waals surface area contributed by atoms with E-state index in [-0.39, 0.29) is 50.1 Å². The van der Waals surface area contributed by atoms with Crippen LogP contribution in [0, 0.1) is 0 Å². The second kappa shape index (κ2) is 21.5. The van der Waals surface area contributed by atoms with Gasteiger partial charge in [-0.05, 0) is 39.9 Å². The summed E-state index contributed by atoms with van der Waals surface area (Å²) in [5.41, 5.74) is 3.98. The molecule has 0 N–H and O–H groups in total. The first-order chi connectivity index (χ1) is 31.0. The van der Waals surface area contributed by atoms with Crippen LogP contribution in [-0.4, -0.2) is 43.3 Å². The predicted molar refractivity (Wildman–Crippen MR) is 235 cm³/mol. The Balaban J connectivity index is 1.15. The summed E-state index contributed by atoms with van der Waals surface area (Å²) < 4.78 is 57.6. The summed E-state index contributed by atoms with van der Waals surface area (Å²) in [5, 5.41) is 0.390. The normalized spacial score (nSPS) is 18.5. The molecule has 0 unspecified atom stereocenters. The number of hydrogen-bond acceptors (Lipinski definition) is 11. The Hall–Kier alpha value is -6.60. The molecule has 1 aromatic heterocycles. The first-order valence-electron chi connectivity index (χ1n) is 20.8. The average Bonchev–Trinajstić information content (AvgIpc) is 3.31. The van der Waals surface area contributed by atoms with Gasteiger partial charge in [0.2, 0.25) is 6.29 Å². The summed E-state index contributed by atoms with van der Waals surface area (Å²) in [6.07, 6.45) is -4.02. The highest BCUT2D eigenvalue weighted by Gasteiger charge is 2.50. The van der Waals surface area contributed by atoms with Crippen LogP contribution in [0.4, 0.5) is 0 Å². The molecular weight excluding hydrogens is 801 g/mol. The second-order valence-corrected chi connectivity index (χ2v) is 15.0. The fourth-order valence-corrected chi connectivity index (χ4v) is 7.29. The summed E-state index contributed by atoms with van der Waals surface area (Å²) in [6.45, 7) is 2.54. The molecule has 0 amide bonds. The van der Waals surface area contributed by atoms with Crippen LogP contribution in [0.2, 0.25) is 0 Å². The van der Waals surface area contributed by atoms with Crippen LogP contribution in [0.3, 0.4) is 0 Å². The zero-order valence-corrected chi connectivity index (χ0v) is 34.8. The molecule has 1 fully saturated rings. The van der Waals surface area contributed by atoms with Crippen molar-refractivity contribution in [2.24, 2.45) is 0 Å². The van der Waals surface area contributed by atoms with Gasteiger partial charge in [0.25, 0.3) is 5.75 Å². The van der Waals surface area contributed by atoms with Crippen LogP contribution in [0.5, 0.6) is 17.2 Å². The smallest absolute Gasteiger partial charge is 0.383 e. The molecule has 63 heavy (non-hydrogen) atoms. The van der Waals surface area contributed by atoms with Gasteiger partial charge in [-0.15, -0.1) is 0 Å². The van der Waals surface area contributed by atoms with Gasteiger partial charge >= 0.3 is 11.6 Å². The van der Waals surface area contributed by atoms with Crippen LogP contribution < -0.4 is 19.8 Å². The van der Waals surface area contributed by atoms with Crippen molar-refractivity contribution in [2.75, 3.05) is 6.61 Å². The van der Waals surface area contributed by atoms with Gasteiger partial charge in [0, 0.05) is 13.0 Å². The Morgan fingerprint density at radius 2 is 1.02 bits per heavy atom. The molecule has 11 heteroatoms. The van der Waals surface area contributed by atoms with E-state index in [1.54, 1.807) is 18.2 Å². The maximum absolute atomic E-state index is 13.4. The van der Waals surface area contributed by atoms with Gasteiger partial charge in [0.1, 0.15) is 42.4 Å². The lowest BCUT2D eigenvalue weighted by atomic mass is 9.97. The molecule has 1 aliphatic rings. The monoisotopic (exact) mass is 848 g/mol. The highest BCUT2D eigenvalue weighted by Crippen LogP contribution is 2.37. The van der Waals surface area contributed by atoms with Crippen LogP contribution in [-0.2, 0) is 61.5 Å². The Morgan fingerprint density at radius 1 is 0.540 bits per heavy atom. The van der Waals surface area contributed by atoms with Gasteiger partial charge in [0.15, 0.2) is 5.75 Å². The topological polar surface area (TPSA) is 121 Å². The minimum atomic E-state index is -1.07. The lowest BCUT2D eigenvalue weighted by Crippen LogP contribution is -2.62. The van der Waals surface area contributed by atoms with E-state index in [1.807, 2.05) is 152 Å². The molecule has 0 aliphatic carbocycles. The molecule has 6 aromatic carbocycles. The number of ether oxygens (including phenoxy) is 8. The first-order valence-corrected chi connectivity index (χ1v) is 20.8. The van der Waals surface area contributed by atoms with E-state index in [9.17, 15) is 9.59 Å². The van der Waals surface area contributed by atoms with Gasteiger partial charge < -0.3 is 42.3 Å². The van der Waals surface area contributed by atoms with Crippen molar-refractivity contribution in [3.8, 4) is 17.2 Å². The Bertz CT molecular complexity index is 2550. The van der Waals surface area contributed by atoms with Crippen molar-refractivity contribution in [1.29, 1.82) is 0 Å². The Kier molecular flexibility index (Phi) is 14.7. The largest absolute Gasteiger partial charge is 0.484 e. The second-order valence-electron chi connectivity index (χ2n) is 15.0. The molecule has 0 saturated carbocycles. The van der Waals surface area contributed by atoms with Gasteiger partial charge in [-0.3, -0.25) is 4.79 Å². The summed E-state index contributed by atoms with van der Waals surface area (Å²) in [5.74, 6) is -0.677. The quantitative estimate of drug-likeness (QED) is 0.0572. The molecule has 7 aromatic rings. The summed E-state index contributed by atoms with van der Waals surface area (Å²) in [6, 6.07) is 53.9. The number of carbonyl (C=O) groups excluding carboxylic acids is 1. The van der Waals surface area contributed by atoms with E-state index in [4.69, 9.17) is 42.3 Å². The van der Waals surface area contributed by atoms with Crippen molar-refractivity contribution in [3.05, 3.63) is 208 Å². The van der Waals surface area contributed by atoms with Crippen LogP contribution in [0.15, 0.2) is 179 Å². The molecule has 0 bridgehead atoms. The third kappa shape index (κ3) is 11.7. The van der Waals surface area contributed by atoms with Gasteiger partial charge in [-0.2, -0.15) is 0 Å². The minimum absolute atomic E-state index is 0.0632. The highest BCUT2D eigenvalue weighted by atomic mass is 16.7. The van der Waals surface area contributed by atoms with E-state index in [2.05, 4.69) is 0 Å². The van der Waals surface area contributed by atoms with E-state index in [0.717, 1.165) is 27.8 Å². The van der Waals surface area contributed by atoms with Gasteiger partial charge in [-0.1, -0.05) is 152 Å². The molecule has 1 saturated heterocycles. The predicted octanol–water partition coefficient (Wildman–Crippen LogP) is 9.37. The van der Waals surface area contributed by atoms with Crippen LogP contribution >= 0.6 is 0 Å². The average molecular weight is 849 g/mol.